The fourth-order valence-corrected chi connectivity index (χ4v) is 2.41. The SMILES string of the molecule is CCc1nc2c(nc1C)C(N)=NS(=O)(=O)N2C. The van der Waals surface area contributed by atoms with Gasteiger partial charge in [-0.3, -0.25) is 0 Å². The molecule has 0 spiro atoms. The first kappa shape index (κ1) is 11.8. The number of aryl methyl sites for hydroxylation is 2. The Morgan fingerprint density at radius 3 is 2.59 bits per heavy atom. The molecule has 2 heterocycles. The fourth-order valence-electron chi connectivity index (χ4n) is 1.61. The molecule has 0 amide bonds. The zero-order chi connectivity index (χ0) is 12.8. The van der Waals surface area contributed by atoms with Gasteiger partial charge in [0.2, 0.25) is 0 Å². The number of anilines is 1. The zero-order valence-electron chi connectivity index (χ0n) is 9.80. The van der Waals surface area contributed by atoms with E-state index in [9.17, 15) is 8.42 Å². The van der Waals surface area contributed by atoms with Crippen molar-refractivity contribution < 1.29 is 8.42 Å². The Kier molecular flexibility index (Phi) is 2.53. The Labute approximate surface area is 99.6 Å². The largest absolute Gasteiger partial charge is 0.381 e. The molecule has 92 valence electrons. The maximum Gasteiger partial charge on any atom is 0.347 e. The van der Waals surface area contributed by atoms with E-state index >= 15 is 0 Å². The average Bonchev–Trinajstić information content (AvgIpc) is 2.25. The van der Waals surface area contributed by atoms with Crippen molar-refractivity contribution in [2.24, 2.45) is 10.1 Å². The number of nitrogens with zero attached hydrogens (tertiary/aromatic N) is 4. The lowest BCUT2D eigenvalue weighted by Crippen LogP contribution is -2.36. The molecule has 0 bridgehead atoms. The Balaban J connectivity index is 2.75. The van der Waals surface area contributed by atoms with E-state index in [0.29, 0.717) is 12.1 Å². The predicted molar refractivity (Wildman–Crippen MR) is 64.2 cm³/mol. The summed E-state index contributed by atoms with van der Waals surface area (Å²) in [5, 5.41) is 0. The molecular weight excluding hydrogens is 242 g/mol. The summed E-state index contributed by atoms with van der Waals surface area (Å²) in [4.78, 5) is 8.54. The summed E-state index contributed by atoms with van der Waals surface area (Å²) in [7, 11) is -2.39. The van der Waals surface area contributed by atoms with Gasteiger partial charge >= 0.3 is 10.2 Å². The molecule has 8 heteroatoms. The third kappa shape index (κ3) is 1.74. The van der Waals surface area contributed by atoms with Crippen molar-refractivity contribution in [2.75, 3.05) is 11.4 Å². The summed E-state index contributed by atoms with van der Waals surface area (Å²) in [5.74, 6) is 0.122. The van der Waals surface area contributed by atoms with Crippen molar-refractivity contribution in [1.29, 1.82) is 0 Å². The minimum absolute atomic E-state index is 0.114. The molecule has 1 aromatic rings. The first-order valence-corrected chi connectivity index (χ1v) is 6.48. The topological polar surface area (TPSA) is 102 Å². The first-order chi connectivity index (χ1) is 7.86. The molecule has 0 atom stereocenters. The molecule has 0 unspecified atom stereocenters. The van der Waals surface area contributed by atoms with Gasteiger partial charge in [-0.05, 0) is 13.3 Å². The fraction of sp³-hybridized carbons (Fsp3) is 0.444. The maximum absolute atomic E-state index is 11.6. The molecule has 1 aromatic heterocycles. The van der Waals surface area contributed by atoms with Crippen molar-refractivity contribution in [3.8, 4) is 0 Å². The lowest BCUT2D eigenvalue weighted by Gasteiger charge is -2.23. The molecule has 0 fully saturated rings. The van der Waals surface area contributed by atoms with Gasteiger partial charge in [0, 0.05) is 7.05 Å². The number of aromatic nitrogens is 2. The highest BCUT2D eigenvalue weighted by molar-refractivity contribution is 7.91. The molecule has 17 heavy (non-hydrogen) atoms. The number of amidine groups is 1. The molecule has 1 aliphatic heterocycles. The van der Waals surface area contributed by atoms with Crippen LogP contribution in [0, 0.1) is 6.92 Å². The number of fused-ring (bicyclic) bond motifs is 1. The molecule has 0 aliphatic carbocycles. The number of hydrogen-bond donors (Lipinski definition) is 1. The first-order valence-electron chi connectivity index (χ1n) is 5.09. The summed E-state index contributed by atoms with van der Waals surface area (Å²) in [6, 6.07) is 0. The predicted octanol–water partition coefficient (Wildman–Crippen LogP) is -0.253. The Morgan fingerprint density at radius 1 is 1.35 bits per heavy atom. The van der Waals surface area contributed by atoms with Crippen molar-refractivity contribution in [3.63, 3.8) is 0 Å². The second-order valence-electron chi connectivity index (χ2n) is 3.70. The van der Waals surface area contributed by atoms with E-state index in [1.54, 1.807) is 0 Å². The minimum atomic E-state index is -3.77. The van der Waals surface area contributed by atoms with Crippen LogP contribution in [0.2, 0.25) is 0 Å². The summed E-state index contributed by atoms with van der Waals surface area (Å²) >= 11 is 0. The average molecular weight is 255 g/mol. The molecule has 1 aliphatic rings. The van der Waals surface area contributed by atoms with Gasteiger partial charge in [0.15, 0.2) is 11.7 Å². The number of nitrogens with two attached hydrogens (primary N) is 1. The van der Waals surface area contributed by atoms with E-state index in [0.717, 1.165) is 15.7 Å². The highest BCUT2D eigenvalue weighted by Crippen LogP contribution is 2.24. The van der Waals surface area contributed by atoms with Crippen LogP contribution in [0.25, 0.3) is 0 Å². The Morgan fingerprint density at radius 2 is 2.00 bits per heavy atom. The van der Waals surface area contributed by atoms with Gasteiger partial charge in [0.05, 0.1) is 11.4 Å². The highest BCUT2D eigenvalue weighted by Gasteiger charge is 2.30. The number of rotatable bonds is 1. The van der Waals surface area contributed by atoms with Crippen molar-refractivity contribution in [1.82, 2.24) is 9.97 Å². The highest BCUT2D eigenvalue weighted by atomic mass is 32.2. The van der Waals surface area contributed by atoms with Crippen LogP contribution in [-0.2, 0) is 16.6 Å². The molecule has 0 aromatic carbocycles. The van der Waals surface area contributed by atoms with Crippen LogP contribution < -0.4 is 10.0 Å². The van der Waals surface area contributed by atoms with Crippen molar-refractivity contribution in [2.45, 2.75) is 20.3 Å². The minimum Gasteiger partial charge on any atom is -0.381 e. The van der Waals surface area contributed by atoms with Crippen molar-refractivity contribution in [3.05, 3.63) is 17.1 Å². The Bertz CT molecular complexity index is 608. The van der Waals surface area contributed by atoms with Gasteiger partial charge in [-0.25, -0.2) is 14.3 Å². The van der Waals surface area contributed by atoms with Crippen LogP contribution in [-0.4, -0.2) is 31.3 Å². The van der Waals surface area contributed by atoms with Crippen LogP contribution in [0.4, 0.5) is 5.82 Å². The second-order valence-corrected chi connectivity index (χ2v) is 5.33. The molecule has 0 saturated heterocycles. The normalized spacial score (nSPS) is 17.6. The van der Waals surface area contributed by atoms with Crippen LogP contribution in [0.5, 0.6) is 0 Å². The van der Waals surface area contributed by atoms with Crippen LogP contribution in [0.3, 0.4) is 0 Å². The summed E-state index contributed by atoms with van der Waals surface area (Å²) in [5.41, 5.74) is 7.39. The zero-order valence-corrected chi connectivity index (χ0v) is 10.6. The third-order valence-electron chi connectivity index (χ3n) is 2.59. The van der Waals surface area contributed by atoms with E-state index in [4.69, 9.17) is 5.73 Å². The molecule has 2 N–H and O–H groups in total. The van der Waals surface area contributed by atoms with Gasteiger partial charge in [-0.15, -0.1) is 4.40 Å². The molecule has 0 saturated carbocycles. The van der Waals surface area contributed by atoms with Crippen LogP contribution >= 0.6 is 0 Å². The van der Waals surface area contributed by atoms with Gasteiger partial charge in [-0.2, -0.15) is 8.42 Å². The lowest BCUT2D eigenvalue weighted by atomic mass is 10.2. The summed E-state index contributed by atoms with van der Waals surface area (Å²) in [6.07, 6.45) is 0.678. The lowest BCUT2D eigenvalue weighted by molar-refractivity contribution is 0.595. The van der Waals surface area contributed by atoms with E-state index < -0.39 is 10.2 Å². The van der Waals surface area contributed by atoms with E-state index in [-0.39, 0.29) is 11.7 Å². The molecule has 7 nitrogen and oxygen atoms in total. The molecule has 2 rings (SSSR count). The van der Waals surface area contributed by atoms with E-state index in [1.165, 1.54) is 7.05 Å². The molecular formula is C9H13N5O2S. The summed E-state index contributed by atoms with van der Waals surface area (Å²) < 4.78 is 27.7. The van der Waals surface area contributed by atoms with Gasteiger partial charge in [0.1, 0.15) is 5.69 Å². The third-order valence-corrected chi connectivity index (χ3v) is 3.88. The van der Waals surface area contributed by atoms with Crippen LogP contribution in [0.1, 0.15) is 24.0 Å². The van der Waals surface area contributed by atoms with Crippen molar-refractivity contribution >= 4 is 21.9 Å². The monoisotopic (exact) mass is 255 g/mol. The van der Waals surface area contributed by atoms with Gasteiger partial charge in [-0.1, -0.05) is 6.92 Å². The van der Waals surface area contributed by atoms with Gasteiger partial charge in [0.25, 0.3) is 0 Å². The summed E-state index contributed by atoms with van der Waals surface area (Å²) in [6.45, 7) is 3.74. The van der Waals surface area contributed by atoms with E-state index in [2.05, 4.69) is 14.4 Å². The second kappa shape index (κ2) is 3.66. The quantitative estimate of drug-likeness (QED) is 0.745. The smallest absolute Gasteiger partial charge is 0.347 e. The number of hydrogen-bond acceptors (Lipinski definition) is 5. The van der Waals surface area contributed by atoms with E-state index in [1.807, 2.05) is 13.8 Å². The van der Waals surface area contributed by atoms with Crippen LogP contribution in [0.15, 0.2) is 4.40 Å². The molecule has 0 radical (unpaired) electrons. The maximum atomic E-state index is 11.6. The Hall–Kier alpha value is -1.70. The standard InChI is InChI=1S/C9H13N5O2S/c1-4-6-5(2)11-7-8(10)13-17(15,16)14(3)9(7)12-6/h4H2,1-3H3,(H2,10,13). The van der Waals surface area contributed by atoms with Gasteiger partial charge < -0.3 is 5.73 Å².